The molecule has 0 fully saturated rings. The topological polar surface area (TPSA) is 15.4 Å². The Bertz CT molecular complexity index is 218. The van der Waals surface area contributed by atoms with E-state index in [2.05, 4.69) is 50.5 Å². The maximum atomic E-state index is 4.48. The van der Waals surface area contributed by atoms with Crippen molar-refractivity contribution in [1.82, 2.24) is 0 Å². The highest BCUT2D eigenvalue weighted by Crippen LogP contribution is 2.20. The van der Waals surface area contributed by atoms with Gasteiger partial charge in [-0.3, -0.25) is 0 Å². The van der Waals surface area contributed by atoms with E-state index in [1.54, 1.807) is 0 Å². The quantitative estimate of drug-likeness (QED) is 0.475. The summed E-state index contributed by atoms with van der Waals surface area (Å²) >= 11 is 0. The fourth-order valence-electron chi connectivity index (χ4n) is 1.43. The Balaban J connectivity index is 2.92. The first-order chi connectivity index (χ1) is 4.91. The van der Waals surface area contributed by atoms with Gasteiger partial charge in [-0.2, -0.15) is 0 Å². The summed E-state index contributed by atoms with van der Waals surface area (Å²) in [6.45, 7) is 10.7. The van der Waals surface area contributed by atoms with Gasteiger partial charge < -0.3 is 0 Å². The fraction of sp³-hybridized carbons (Fsp3) is 0.778. The molecule has 0 bridgehead atoms. The van der Waals surface area contributed by atoms with Crippen molar-refractivity contribution in [2.75, 3.05) is 0 Å². The molecule has 1 aliphatic heterocycles. The molecule has 0 amide bonds. The minimum atomic E-state index is 0.130. The van der Waals surface area contributed by atoms with Crippen molar-refractivity contribution in [3.63, 3.8) is 0 Å². The first-order valence-electron chi connectivity index (χ1n) is 4.10. The molecule has 0 aromatic heterocycles. The normalized spacial score (nSPS) is 25.0. The molecule has 1 atom stereocenters. The maximum Gasteiger partial charge on any atom is 0.203 e. The van der Waals surface area contributed by atoms with Crippen LogP contribution in [0.4, 0.5) is 0 Å². The van der Waals surface area contributed by atoms with Gasteiger partial charge in [0.2, 0.25) is 5.70 Å². The third kappa shape index (κ3) is 1.67. The van der Waals surface area contributed by atoms with Crippen LogP contribution in [-0.2, 0) is 0 Å². The summed E-state index contributed by atoms with van der Waals surface area (Å²) in [6.07, 6.45) is 2.19. The minimum absolute atomic E-state index is 0.130. The summed E-state index contributed by atoms with van der Waals surface area (Å²) in [5.41, 5.74) is 1.40. The molecule has 1 unspecified atom stereocenters. The third-order valence-electron chi connectivity index (χ3n) is 1.75. The molecular formula is C9H17N2+. The van der Waals surface area contributed by atoms with Gasteiger partial charge in [-0.1, -0.05) is 4.70 Å². The summed E-state index contributed by atoms with van der Waals surface area (Å²) in [4.78, 5) is 0. The molecule has 11 heavy (non-hydrogen) atoms. The van der Waals surface area contributed by atoms with Gasteiger partial charge in [0.1, 0.15) is 6.04 Å². The molecule has 0 spiro atoms. The summed E-state index contributed by atoms with van der Waals surface area (Å²) < 4.78 is 2.09. The van der Waals surface area contributed by atoms with Crippen LogP contribution in [0, 0.1) is 0 Å². The predicted octanol–water partition coefficient (Wildman–Crippen LogP) is 2.56. The van der Waals surface area contributed by atoms with Gasteiger partial charge >= 0.3 is 0 Å². The molecule has 0 N–H and O–H groups in total. The van der Waals surface area contributed by atoms with Gasteiger partial charge in [0, 0.05) is 33.8 Å². The van der Waals surface area contributed by atoms with Crippen LogP contribution in [0.25, 0.3) is 0 Å². The van der Waals surface area contributed by atoms with E-state index in [9.17, 15) is 0 Å². The van der Waals surface area contributed by atoms with E-state index in [0.29, 0.717) is 6.04 Å². The van der Waals surface area contributed by atoms with Crippen molar-refractivity contribution in [2.45, 2.75) is 46.2 Å². The first kappa shape index (κ1) is 8.44. The van der Waals surface area contributed by atoms with E-state index in [1.165, 1.54) is 5.70 Å². The Morgan fingerprint density at radius 3 is 2.18 bits per heavy atom. The molecule has 0 aromatic carbocycles. The lowest BCUT2D eigenvalue weighted by Crippen LogP contribution is -2.29. The highest BCUT2D eigenvalue weighted by atomic mass is 15.3. The number of allylic oxidation sites excluding steroid dienone is 1. The van der Waals surface area contributed by atoms with Crippen molar-refractivity contribution in [3.05, 3.63) is 11.8 Å². The predicted molar refractivity (Wildman–Crippen MR) is 45.7 cm³/mol. The minimum Gasteiger partial charge on any atom is -0.0887 e. The Morgan fingerprint density at radius 1 is 1.45 bits per heavy atom. The van der Waals surface area contributed by atoms with Gasteiger partial charge in [-0.25, -0.2) is 0 Å². The van der Waals surface area contributed by atoms with Crippen molar-refractivity contribution >= 4 is 0 Å². The molecule has 0 saturated heterocycles. The van der Waals surface area contributed by atoms with Gasteiger partial charge in [-0.15, -0.1) is 0 Å². The molecule has 0 radical (unpaired) electrons. The Hall–Kier alpha value is -0.660. The Labute approximate surface area is 68.6 Å². The Morgan fingerprint density at radius 2 is 2.00 bits per heavy atom. The number of hydrogen-bond donors (Lipinski definition) is 0. The standard InChI is InChI=1S/C9H17N2/c1-7-6-8(2)11(10-7)9(3,4)5/h6-7H,1-5H3/q+1. The molecule has 1 aliphatic rings. The van der Waals surface area contributed by atoms with E-state index in [1.807, 2.05) is 0 Å². The fourth-order valence-corrected chi connectivity index (χ4v) is 1.43. The second-order valence-corrected chi connectivity index (χ2v) is 4.15. The van der Waals surface area contributed by atoms with Crippen LogP contribution in [0.3, 0.4) is 0 Å². The molecule has 1 rings (SSSR count). The van der Waals surface area contributed by atoms with Gasteiger partial charge in [-0.05, 0) is 12.0 Å². The lowest BCUT2D eigenvalue weighted by Gasteiger charge is -2.11. The molecule has 1 heterocycles. The highest BCUT2D eigenvalue weighted by Gasteiger charge is 2.32. The number of azo groups is 2. The second kappa shape index (κ2) is 2.43. The molecule has 2 heteroatoms. The largest absolute Gasteiger partial charge is 0.203 e. The SMILES string of the molecule is CC1=CC(C)N=[N+]1C(C)(C)C. The summed E-state index contributed by atoms with van der Waals surface area (Å²) in [7, 11) is 0. The van der Waals surface area contributed by atoms with Crippen molar-refractivity contribution < 1.29 is 4.70 Å². The molecule has 2 nitrogen and oxygen atoms in total. The average Bonchev–Trinajstić information content (AvgIpc) is 2.08. The summed E-state index contributed by atoms with van der Waals surface area (Å²) in [6, 6.07) is 0.356. The molecular weight excluding hydrogens is 136 g/mol. The number of rotatable bonds is 0. The third-order valence-corrected chi connectivity index (χ3v) is 1.75. The van der Waals surface area contributed by atoms with Gasteiger partial charge in [0.15, 0.2) is 5.54 Å². The lowest BCUT2D eigenvalue weighted by atomic mass is 10.1. The van der Waals surface area contributed by atoms with Gasteiger partial charge in [0.05, 0.1) is 0 Å². The number of hydrogen-bond acceptors (Lipinski definition) is 1. The first-order valence-corrected chi connectivity index (χ1v) is 4.10. The summed E-state index contributed by atoms with van der Waals surface area (Å²) in [5.74, 6) is 0. The van der Waals surface area contributed by atoms with E-state index in [4.69, 9.17) is 0 Å². The van der Waals surface area contributed by atoms with Crippen LogP contribution < -0.4 is 0 Å². The van der Waals surface area contributed by atoms with Crippen LogP contribution >= 0.6 is 0 Å². The molecule has 0 saturated carbocycles. The second-order valence-electron chi connectivity index (χ2n) is 4.15. The van der Waals surface area contributed by atoms with Gasteiger partial charge in [0.25, 0.3) is 0 Å². The van der Waals surface area contributed by atoms with Crippen molar-refractivity contribution in [2.24, 2.45) is 5.11 Å². The molecule has 0 aliphatic carbocycles. The zero-order valence-electron chi connectivity index (χ0n) is 8.05. The molecule has 0 aromatic rings. The monoisotopic (exact) mass is 153 g/mol. The number of nitrogens with zero attached hydrogens (tertiary/aromatic N) is 2. The van der Waals surface area contributed by atoms with Crippen LogP contribution in [0.5, 0.6) is 0 Å². The smallest absolute Gasteiger partial charge is 0.0887 e. The van der Waals surface area contributed by atoms with Crippen LogP contribution in [0.15, 0.2) is 16.9 Å². The van der Waals surface area contributed by atoms with Crippen LogP contribution in [0.1, 0.15) is 34.6 Å². The van der Waals surface area contributed by atoms with E-state index < -0.39 is 0 Å². The maximum absolute atomic E-state index is 4.48. The average molecular weight is 153 g/mol. The van der Waals surface area contributed by atoms with Crippen LogP contribution in [0.2, 0.25) is 0 Å². The lowest BCUT2D eigenvalue weighted by molar-refractivity contribution is -0.610. The van der Waals surface area contributed by atoms with Crippen molar-refractivity contribution in [1.29, 1.82) is 0 Å². The van der Waals surface area contributed by atoms with E-state index >= 15 is 0 Å². The highest BCUT2D eigenvalue weighted by molar-refractivity contribution is 4.98. The summed E-state index contributed by atoms with van der Waals surface area (Å²) in [5, 5.41) is 4.48. The molecule has 62 valence electrons. The Kier molecular flexibility index (Phi) is 1.87. The van der Waals surface area contributed by atoms with Crippen molar-refractivity contribution in [3.8, 4) is 0 Å². The van der Waals surface area contributed by atoms with E-state index in [-0.39, 0.29) is 5.54 Å². The zero-order chi connectivity index (χ0) is 8.65. The zero-order valence-corrected chi connectivity index (χ0v) is 8.05. The van der Waals surface area contributed by atoms with Crippen LogP contribution in [-0.4, -0.2) is 16.3 Å². The van der Waals surface area contributed by atoms with E-state index in [0.717, 1.165) is 0 Å².